The van der Waals surface area contributed by atoms with Crippen LogP contribution in [-0.2, 0) is 5.88 Å². The summed E-state index contributed by atoms with van der Waals surface area (Å²) in [5, 5.41) is 0.703. The number of fused-ring (bicyclic) bond motifs is 1. The van der Waals surface area contributed by atoms with E-state index < -0.39 is 0 Å². The van der Waals surface area contributed by atoms with Crippen LogP contribution < -0.4 is 0 Å². The van der Waals surface area contributed by atoms with Gasteiger partial charge in [-0.3, -0.25) is 4.57 Å². The lowest BCUT2D eigenvalue weighted by Gasteiger charge is -2.10. The van der Waals surface area contributed by atoms with Gasteiger partial charge in [-0.15, -0.1) is 11.6 Å². The van der Waals surface area contributed by atoms with Gasteiger partial charge in [0.05, 0.1) is 27.6 Å². The number of hydrogen-bond acceptors (Lipinski definition) is 1. The average molecular weight is 291 g/mol. The Morgan fingerprint density at radius 2 is 1.95 bits per heavy atom. The van der Waals surface area contributed by atoms with Crippen molar-refractivity contribution in [1.82, 2.24) is 9.55 Å². The Balaban J connectivity index is 2.34. The molecule has 0 bridgehead atoms. The third-order valence-corrected chi connectivity index (χ3v) is 3.64. The Bertz CT molecular complexity index is 747. The highest BCUT2D eigenvalue weighted by atomic mass is 35.5. The maximum absolute atomic E-state index is 6.36. The third kappa shape index (κ3) is 2.11. The van der Waals surface area contributed by atoms with E-state index in [1.807, 2.05) is 54.0 Å². The average Bonchev–Trinajstić information content (AvgIpc) is 2.77. The van der Waals surface area contributed by atoms with Gasteiger partial charge in [0.1, 0.15) is 5.82 Å². The normalized spacial score (nSPS) is 11.1. The van der Waals surface area contributed by atoms with E-state index >= 15 is 0 Å². The predicted molar refractivity (Wildman–Crippen MR) is 80.4 cm³/mol. The van der Waals surface area contributed by atoms with Gasteiger partial charge >= 0.3 is 0 Å². The number of hydrogen-bond donors (Lipinski definition) is 0. The molecule has 0 saturated carbocycles. The lowest BCUT2D eigenvalue weighted by molar-refractivity contribution is 0.981. The molecule has 0 unspecified atom stereocenters. The molecular formula is C15H12Cl2N2. The molecule has 0 N–H and O–H groups in total. The summed E-state index contributed by atoms with van der Waals surface area (Å²) in [5.74, 6) is 1.15. The summed E-state index contributed by atoms with van der Waals surface area (Å²) in [6, 6.07) is 13.9. The summed E-state index contributed by atoms with van der Waals surface area (Å²) in [6.45, 7) is 2.02. The Kier molecular flexibility index (Phi) is 3.21. The van der Waals surface area contributed by atoms with Crippen molar-refractivity contribution < 1.29 is 0 Å². The van der Waals surface area contributed by atoms with Gasteiger partial charge in [0.25, 0.3) is 0 Å². The second kappa shape index (κ2) is 4.87. The van der Waals surface area contributed by atoms with E-state index in [0.717, 1.165) is 28.1 Å². The second-order valence-corrected chi connectivity index (χ2v) is 5.12. The number of para-hydroxylation sites is 2. The van der Waals surface area contributed by atoms with Gasteiger partial charge < -0.3 is 0 Å². The Morgan fingerprint density at radius 1 is 1.16 bits per heavy atom. The zero-order chi connectivity index (χ0) is 13.4. The van der Waals surface area contributed by atoms with E-state index in [4.69, 9.17) is 23.2 Å². The molecule has 1 aromatic heterocycles. The lowest BCUT2D eigenvalue weighted by atomic mass is 10.2. The fourth-order valence-electron chi connectivity index (χ4n) is 2.23. The fourth-order valence-corrected chi connectivity index (χ4v) is 2.73. The summed E-state index contributed by atoms with van der Waals surface area (Å²) in [6.07, 6.45) is 0. The molecule has 0 spiro atoms. The molecule has 0 saturated heterocycles. The standard InChI is InChI=1S/C15H12Cl2N2/c1-10-6-7-13(11(17)8-10)19-14-5-3-2-4-12(14)18-15(19)9-16/h2-8H,9H2,1H3. The number of rotatable bonds is 2. The first-order chi connectivity index (χ1) is 9.20. The molecule has 3 rings (SSSR count). The van der Waals surface area contributed by atoms with Gasteiger partial charge in [-0.25, -0.2) is 4.98 Å². The van der Waals surface area contributed by atoms with Gasteiger partial charge in [0.15, 0.2) is 0 Å². The van der Waals surface area contributed by atoms with Crippen LogP contribution in [0.15, 0.2) is 42.5 Å². The molecule has 2 nitrogen and oxygen atoms in total. The Morgan fingerprint density at radius 3 is 2.68 bits per heavy atom. The predicted octanol–water partition coefficient (Wildman–Crippen LogP) is 4.73. The van der Waals surface area contributed by atoms with Gasteiger partial charge in [-0.05, 0) is 36.8 Å². The molecule has 0 amide bonds. The molecule has 0 aliphatic heterocycles. The van der Waals surface area contributed by atoms with Crippen LogP contribution in [0.5, 0.6) is 0 Å². The lowest BCUT2D eigenvalue weighted by Crippen LogP contribution is -2.00. The SMILES string of the molecule is Cc1ccc(-n2c(CCl)nc3ccccc32)c(Cl)c1. The first-order valence-corrected chi connectivity index (χ1v) is 6.91. The number of aryl methyl sites for hydroxylation is 1. The van der Waals surface area contributed by atoms with Crippen molar-refractivity contribution in [2.24, 2.45) is 0 Å². The highest BCUT2D eigenvalue weighted by molar-refractivity contribution is 6.32. The molecule has 3 aromatic rings. The molecule has 0 radical (unpaired) electrons. The number of imidazole rings is 1. The number of alkyl halides is 1. The van der Waals surface area contributed by atoms with Crippen LogP contribution in [0.4, 0.5) is 0 Å². The zero-order valence-electron chi connectivity index (χ0n) is 10.4. The summed E-state index contributed by atoms with van der Waals surface area (Å²) in [5.41, 5.74) is 3.99. The fraction of sp³-hybridized carbons (Fsp3) is 0.133. The van der Waals surface area contributed by atoms with E-state index in [1.54, 1.807) is 0 Å². The van der Waals surface area contributed by atoms with Crippen molar-refractivity contribution in [2.45, 2.75) is 12.8 Å². The van der Waals surface area contributed by atoms with Crippen LogP contribution in [0, 0.1) is 6.92 Å². The van der Waals surface area contributed by atoms with E-state index in [1.165, 1.54) is 0 Å². The molecule has 4 heteroatoms. The van der Waals surface area contributed by atoms with Gasteiger partial charge in [0.2, 0.25) is 0 Å². The van der Waals surface area contributed by atoms with Crippen LogP contribution in [-0.4, -0.2) is 9.55 Å². The first-order valence-electron chi connectivity index (χ1n) is 5.99. The van der Waals surface area contributed by atoms with Crippen LogP contribution in [0.1, 0.15) is 11.4 Å². The molecule has 19 heavy (non-hydrogen) atoms. The maximum atomic E-state index is 6.36. The van der Waals surface area contributed by atoms with E-state index in [2.05, 4.69) is 4.98 Å². The third-order valence-electron chi connectivity index (χ3n) is 3.09. The molecule has 1 heterocycles. The Hall–Kier alpha value is -1.51. The number of benzene rings is 2. The van der Waals surface area contributed by atoms with E-state index in [9.17, 15) is 0 Å². The topological polar surface area (TPSA) is 17.8 Å². The molecule has 96 valence electrons. The van der Waals surface area contributed by atoms with Gasteiger partial charge in [-0.2, -0.15) is 0 Å². The van der Waals surface area contributed by atoms with Gasteiger partial charge in [0, 0.05) is 0 Å². The van der Waals surface area contributed by atoms with E-state index in [0.29, 0.717) is 10.9 Å². The highest BCUT2D eigenvalue weighted by Crippen LogP contribution is 2.28. The quantitative estimate of drug-likeness (QED) is 0.624. The molecule has 0 aliphatic carbocycles. The highest BCUT2D eigenvalue weighted by Gasteiger charge is 2.13. The summed E-state index contributed by atoms with van der Waals surface area (Å²) >= 11 is 12.4. The van der Waals surface area contributed by atoms with Crippen molar-refractivity contribution in [2.75, 3.05) is 0 Å². The van der Waals surface area contributed by atoms with Crippen LogP contribution in [0.3, 0.4) is 0 Å². The minimum atomic E-state index is 0.346. The largest absolute Gasteiger partial charge is 0.294 e. The summed E-state index contributed by atoms with van der Waals surface area (Å²) < 4.78 is 2.02. The minimum Gasteiger partial charge on any atom is -0.294 e. The van der Waals surface area contributed by atoms with Crippen molar-refractivity contribution in [1.29, 1.82) is 0 Å². The van der Waals surface area contributed by atoms with Crippen LogP contribution >= 0.6 is 23.2 Å². The number of nitrogens with zero attached hydrogens (tertiary/aromatic N) is 2. The number of halogens is 2. The number of aromatic nitrogens is 2. The van der Waals surface area contributed by atoms with E-state index in [-0.39, 0.29) is 0 Å². The van der Waals surface area contributed by atoms with Crippen molar-refractivity contribution in [3.8, 4) is 5.69 Å². The molecular weight excluding hydrogens is 279 g/mol. The maximum Gasteiger partial charge on any atom is 0.129 e. The Labute approximate surface area is 121 Å². The molecule has 0 aliphatic rings. The molecule has 0 atom stereocenters. The molecule has 2 aromatic carbocycles. The second-order valence-electron chi connectivity index (χ2n) is 4.44. The molecule has 0 fully saturated rings. The monoisotopic (exact) mass is 290 g/mol. The first kappa shape index (κ1) is 12.5. The summed E-state index contributed by atoms with van der Waals surface area (Å²) in [7, 11) is 0. The minimum absolute atomic E-state index is 0.346. The zero-order valence-corrected chi connectivity index (χ0v) is 11.9. The van der Waals surface area contributed by atoms with Crippen LogP contribution in [0.25, 0.3) is 16.7 Å². The van der Waals surface area contributed by atoms with Crippen molar-refractivity contribution in [3.63, 3.8) is 0 Å². The van der Waals surface area contributed by atoms with Crippen molar-refractivity contribution in [3.05, 3.63) is 58.9 Å². The van der Waals surface area contributed by atoms with Crippen molar-refractivity contribution >= 4 is 34.2 Å². The smallest absolute Gasteiger partial charge is 0.129 e. The van der Waals surface area contributed by atoms with Gasteiger partial charge in [-0.1, -0.05) is 29.8 Å². The van der Waals surface area contributed by atoms with Crippen LogP contribution in [0.2, 0.25) is 5.02 Å². The summed E-state index contributed by atoms with van der Waals surface area (Å²) in [4.78, 5) is 4.54.